The minimum Gasteiger partial charge on any atom is -0.203 e. The maximum Gasteiger partial charge on any atom is 0.168 e. The molecular formula is C22H28F2N2. The van der Waals surface area contributed by atoms with Crippen LogP contribution in [0.1, 0.15) is 63.6 Å². The van der Waals surface area contributed by atoms with Crippen molar-refractivity contribution in [2.45, 2.75) is 65.2 Å². The van der Waals surface area contributed by atoms with Crippen LogP contribution in [0.4, 0.5) is 8.78 Å². The Morgan fingerprint density at radius 2 is 1.62 bits per heavy atom. The molecule has 0 atom stereocenters. The normalized spacial score (nSPS) is 20.3. The Kier molecular flexibility index (Phi) is 6.33. The lowest BCUT2D eigenvalue weighted by atomic mass is 9.79. The molecule has 2 aromatic rings. The SMILES string of the molecule is CCc1ccc(-c2ccc(CCC3CCC(CC)CC3)nn2)c(F)c1F. The minimum absolute atomic E-state index is 0.177. The highest BCUT2D eigenvalue weighted by Crippen LogP contribution is 2.33. The number of rotatable bonds is 6. The van der Waals surface area contributed by atoms with Crippen molar-refractivity contribution in [3.8, 4) is 11.3 Å². The van der Waals surface area contributed by atoms with Crippen molar-refractivity contribution in [3.05, 3.63) is 47.2 Å². The van der Waals surface area contributed by atoms with Gasteiger partial charge in [-0.15, -0.1) is 0 Å². The van der Waals surface area contributed by atoms with Crippen LogP contribution in [0.2, 0.25) is 0 Å². The topological polar surface area (TPSA) is 25.8 Å². The zero-order valence-corrected chi connectivity index (χ0v) is 15.8. The molecule has 1 aliphatic rings. The predicted octanol–water partition coefficient (Wildman–Crippen LogP) is 6.13. The third kappa shape index (κ3) is 4.28. The number of hydrogen-bond acceptors (Lipinski definition) is 2. The number of aryl methyl sites for hydroxylation is 2. The van der Waals surface area contributed by atoms with E-state index >= 15 is 0 Å². The van der Waals surface area contributed by atoms with Crippen LogP contribution in [-0.4, -0.2) is 10.2 Å². The summed E-state index contributed by atoms with van der Waals surface area (Å²) in [6.45, 7) is 4.09. The summed E-state index contributed by atoms with van der Waals surface area (Å²) in [4.78, 5) is 0. The number of hydrogen-bond donors (Lipinski definition) is 0. The van der Waals surface area contributed by atoms with Crippen LogP contribution in [0, 0.1) is 23.5 Å². The first-order chi connectivity index (χ1) is 12.6. The van der Waals surface area contributed by atoms with Gasteiger partial charge in [-0.05, 0) is 54.9 Å². The molecule has 3 rings (SSSR count). The number of aromatic nitrogens is 2. The smallest absolute Gasteiger partial charge is 0.168 e. The van der Waals surface area contributed by atoms with E-state index in [-0.39, 0.29) is 5.56 Å². The van der Waals surface area contributed by atoms with Crippen molar-refractivity contribution in [1.82, 2.24) is 10.2 Å². The molecule has 0 bridgehead atoms. The lowest BCUT2D eigenvalue weighted by molar-refractivity contribution is 0.258. The summed E-state index contributed by atoms with van der Waals surface area (Å²) in [5, 5.41) is 8.38. The molecule has 4 heteroatoms. The van der Waals surface area contributed by atoms with E-state index in [4.69, 9.17) is 0 Å². The van der Waals surface area contributed by atoms with Crippen LogP contribution in [-0.2, 0) is 12.8 Å². The maximum absolute atomic E-state index is 14.2. The Morgan fingerprint density at radius 1 is 0.885 bits per heavy atom. The monoisotopic (exact) mass is 358 g/mol. The van der Waals surface area contributed by atoms with Gasteiger partial charge >= 0.3 is 0 Å². The van der Waals surface area contributed by atoms with Crippen molar-refractivity contribution >= 4 is 0 Å². The van der Waals surface area contributed by atoms with Crippen molar-refractivity contribution in [1.29, 1.82) is 0 Å². The predicted molar refractivity (Wildman–Crippen MR) is 101 cm³/mol. The Morgan fingerprint density at radius 3 is 2.23 bits per heavy atom. The van der Waals surface area contributed by atoms with Crippen LogP contribution >= 0.6 is 0 Å². The molecule has 0 aliphatic heterocycles. The highest BCUT2D eigenvalue weighted by molar-refractivity contribution is 5.60. The molecule has 0 spiro atoms. The first kappa shape index (κ1) is 18.9. The van der Waals surface area contributed by atoms with E-state index in [0.29, 0.717) is 17.7 Å². The summed E-state index contributed by atoms with van der Waals surface area (Å²) >= 11 is 0. The summed E-state index contributed by atoms with van der Waals surface area (Å²) in [6.07, 6.45) is 9.15. The standard InChI is InChI=1S/C22H28F2N2/c1-3-15-5-7-16(8-6-15)9-11-18-12-14-20(26-25-18)19-13-10-17(4-2)21(23)22(19)24/h10,12-16H,3-9,11H2,1-2H3. The Balaban J connectivity index is 1.61. The van der Waals surface area contributed by atoms with Gasteiger partial charge in [0, 0.05) is 5.56 Å². The van der Waals surface area contributed by atoms with Crippen LogP contribution in [0.5, 0.6) is 0 Å². The fourth-order valence-corrected chi connectivity index (χ4v) is 3.98. The van der Waals surface area contributed by atoms with Gasteiger partial charge in [0.1, 0.15) is 0 Å². The van der Waals surface area contributed by atoms with Gasteiger partial charge in [0.05, 0.1) is 11.4 Å². The van der Waals surface area contributed by atoms with Gasteiger partial charge in [0.15, 0.2) is 11.6 Å². The fraction of sp³-hybridized carbons (Fsp3) is 0.545. The molecule has 1 fully saturated rings. The van der Waals surface area contributed by atoms with E-state index in [2.05, 4.69) is 17.1 Å². The molecule has 0 N–H and O–H groups in total. The molecule has 1 aromatic carbocycles. The van der Waals surface area contributed by atoms with E-state index in [1.807, 2.05) is 6.07 Å². The first-order valence-electron chi connectivity index (χ1n) is 9.92. The van der Waals surface area contributed by atoms with Gasteiger partial charge in [-0.3, -0.25) is 0 Å². The molecule has 1 aromatic heterocycles. The van der Waals surface area contributed by atoms with Crippen LogP contribution in [0.15, 0.2) is 24.3 Å². The minimum atomic E-state index is -0.834. The Bertz CT molecular complexity index is 720. The molecule has 1 heterocycles. The largest absolute Gasteiger partial charge is 0.203 e. The van der Waals surface area contributed by atoms with E-state index < -0.39 is 11.6 Å². The highest BCUT2D eigenvalue weighted by atomic mass is 19.2. The third-order valence-corrected chi connectivity index (χ3v) is 5.89. The number of halogens is 2. The van der Waals surface area contributed by atoms with Gasteiger partial charge < -0.3 is 0 Å². The summed E-state index contributed by atoms with van der Waals surface area (Å²) < 4.78 is 28.2. The summed E-state index contributed by atoms with van der Waals surface area (Å²) in [6, 6.07) is 6.86. The van der Waals surface area contributed by atoms with Crippen molar-refractivity contribution < 1.29 is 8.78 Å². The van der Waals surface area contributed by atoms with Crippen molar-refractivity contribution in [3.63, 3.8) is 0 Å². The summed E-state index contributed by atoms with van der Waals surface area (Å²) in [7, 11) is 0. The second kappa shape index (κ2) is 8.70. The lowest BCUT2D eigenvalue weighted by Crippen LogP contribution is -2.14. The second-order valence-electron chi connectivity index (χ2n) is 7.50. The second-order valence-corrected chi connectivity index (χ2v) is 7.50. The van der Waals surface area contributed by atoms with E-state index in [1.54, 1.807) is 25.1 Å². The number of nitrogens with zero attached hydrogens (tertiary/aromatic N) is 2. The molecule has 1 saturated carbocycles. The third-order valence-electron chi connectivity index (χ3n) is 5.89. The van der Waals surface area contributed by atoms with Gasteiger partial charge in [0.25, 0.3) is 0 Å². The van der Waals surface area contributed by atoms with Gasteiger partial charge in [-0.2, -0.15) is 10.2 Å². The molecular weight excluding hydrogens is 330 g/mol. The average Bonchev–Trinajstić information content (AvgIpc) is 2.69. The molecule has 0 amide bonds. The van der Waals surface area contributed by atoms with Crippen LogP contribution < -0.4 is 0 Å². The molecule has 0 unspecified atom stereocenters. The summed E-state index contributed by atoms with van der Waals surface area (Å²) in [5.41, 5.74) is 1.87. The van der Waals surface area contributed by atoms with E-state index in [1.165, 1.54) is 32.1 Å². The molecule has 140 valence electrons. The average molecular weight is 358 g/mol. The Hall–Kier alpha value is -1.84. The van der Waals surface area contributed by atoms with E-state index in [9.17, 15) is 8.78 Å². The maximum atomic E-state index is 14.2. The van der Waals surface area contributed by atoms with E-state index in [0.717, 1.165) is 30.4 Å². The Labute approximate surface area is 155 Å². The molecule has 26 heavy (non-hydrogen) atoms. The zero-order valence-electron chi connectivity index (χ0n) is 15.8. The van der Waals surface area contributed by atoms with Crippen molar-refractivity contribution in [2.24, 2.45) is 11.8 Å². The fourth-order valence-electron chi connectivity index (χ4n) is 3.98. The molecule has 0 radical (unpaired) electrons. The van der Waals surface area contributed by atoms with Gasteiger partial charge in [-0.25, -0.2) is 8.78 Å². The molecule has 1 aliphatic carbocycles. The highest BCUT2D eigenvalue weighted by Gasteiger charge is 2.20. The molecule has 0 saturated heterocycles. The zero-order chi connectivity index (χ0) is 18.5. The van der Waals surface area contributed by atoms with Crippen LogP contribution in [0.25, 0.3) is 11.3 Å². The summed E-state index contributed by atoms with van der Waals surface area (Å²) in [5.74, 6) is 0.0877. The van der Waals surface area contributed by atoms with Gasteiger partial charge in [-0.1, -0.05) is 52.0 Å². The lowest BCUT2D eigenvalue weighted by Gasteiger charge is -2.27. The van der Waals surface area contributed by atoms with Gasteiger partial charge in [0.2, 0.25) is 0 Å². The number of benzene rings is 1. The first-order valence-corrected chi connectivity index (χ1v) is 9.92. The van der Waals surface area contributed by atoms with Crippen LogP contribution in [0.3, 0.4) is 0 Å². The quantitative estimate of drug-likeness (QED) is 0.620. The molecule has 2 nitrogen and oxygen atoms in total. The van der Waals surface area contributed by atoms with Crippen molar-refractivity contribution in [2.75, 3.05) is 0 Å².